The number of hydrogen-bond donors (Lipinski definition) is 2. The van der Waals surface area contributed by atoms with E-state index < -0.39 is 39.4 Å². The first-order chi connectivity index (χ1) is 23.6. The van der Waals surface area contributed by atoms with E-state index in [4.69, 9.17) is 4.74 Å². The normalized spacial score (nSPS) is 17.9. The van der Waals surface area contributed by atoms with Crippen LogP contribution in [0.2, 0.25) is 0 Å². The summed E-state index contributed by atoms with van der Waals surface area (Å²) in [7, 11) is 1.42. The lowest BCUT2D eigenvalue weighted by atomic mass is 9.77. The number of rotatable bonds is 23. The Labute approximate surface area is 302 Å². The van der Waals surface area contributed by atoms with E-state index in [1.165, 1.54) is 55.9 Å². The molecule has 0 aliphatic carbocycles. The summed E-state index contributed by atoms with van der Waals surface area (Å²) in [4.78, 5) is 42.7. The molecule has 0 unspecified atom stereocenters. The van der Waals surface area contributed by atoms with Crippen LogP contribution in [0.3, 0.4) is 0 Å². The smallest absolute Gasteiger partial charge is 0.336 e. The lowest BCUT2D eigenvalue weighted by Crippen LogP contribution is -2.57. The summed E-state index contributed by atoms with van der Waals surface area (Å²) in [6.07, 6.45) is 14.4. The van der Waals surface area contributed by atoms with Gasteiger partial charge in [-0.2, -0.15) is 11.8 Å². The highest BCUT2D eigenvalue weighted by molar-refractivity contribution is 8.15. The Balaban J connectivity index is 1.82. The second-order valence-corrected chi connectivity index (χ2v) is 15.8. The molecule has 0 saturated carbocycles. The molecule has 3 rings (SSSR count). The van der Waals surface area contributed by atoms with E-state index in [-0.39, 0.29) is 18.9 Å². The van der Waals surface area contributed by atoms with Crippen LogP contribution in [0.15, 0.2) is 72.8 Å². The minimum atomic E-state index is -2.46. The van der Waals surface area contributed by atoms with Gasteiger partial charge in [0.2, 0.25) is 5.91 Å². The molecule has 1 aliphatic rings. The van der Waals surface area contributed by atoms with Crippen molar-refractivity contribution in [2.24, 2.45) is 11.8 Å². The Hall–Kier alpha value is -2.59. The van der Waals surface area contributed by atoms with Crippen molar-refractivity contribution >= 4 is 40.6 Å². The number of thioether (sulfide) groups is 2. The maximum atomic E-state index is 14.7. The van der Waals surface area contributed by atoms with Crippen LogP contribution in [0, 0.1) is 11.8 Å². The van der Waals surface area contributed by atoms with Gasteiger partial charge < -0.3 is 14.9 Å². The summed E-state index contributed by atoms with van der Waals surface area (Å²) < 4.78 is 4.22. The maximum Gasteiger partial charge on any atom is 0.336 e. The molecule has 0 bridgehead atoms. The van der Waals surface area contributed by atoms with Gasteiger partial charge >= 0.3 is 5.97 Å². The Morgan fingerprint density at radius 1 is 0.939 bits per heavy atom. The van der Waals surface area contributed by atoms with Crippen LogP contribution in [0.5, 0.6) is 0 Å². The molecule has 2 aromatic carbocycles. The van der Waals surface area contributed by atoms with Crippen molar-refractivity contribution in [2.45, 2.75) is 108 Å². The van der Waals surface area contributed by atoms with Gasteiger partial charge in [-0.3, -0.25) is 14.5 Å². The predicted octanol–water partition coefficient (Wildman–Crippen LogP) is 9.33. The van der Waals surface area contributed by atoms with Gasteiger partial charge in [0.15, 0.2) is 5.60 Å². The monoisotopic (exact) mass is 711 g/mol. The number of unbranched alkanes of at least 4 members (excludes halogenated alkanes) is 8. The maximum absolute atomic E-state index is 14.7. The zero-order valence-electron chi connectivity index (χ0n) is 29.9. The van der Waals surface area contributed by atoms with Gasteiger partial charge in [0.25, 0.3) is 5.24 Å². The molecule has 2 N–H and O–H groups in total. The molecule has 7 nitrogen and oxygen atoms in total. The number of amides is 2. The summed E-state index contributed by atoms with van der Waals surface area (Å²) in [5, 5.41) is 21.6. The van der Waals surface area contributed by atoms with Crippen molar-refractivity contribution in [2.75, 3.05) is 25.2 Å². The van der Waals surface area contributed by atoms with Crippen LogP contribution in [-0.4, -0.2) is 69.1 Å². The van der Waals surface area contributed by atoms with Crippen molar-refractivity contribution < 1.29 is 29.3 Å². The second kappa shape index (κ2) is 20.9. The molecule has 270 valence electrons. The summed E-state index contributed by atoms with van der Waals surface area (Å²) in [6, 6.07) is 18.7. The summed E-state index contributed by atoms with van der Waals surface area (Å²) in [6.45, 7) is 6.11. The molecule has 0 radical (unpaired) electrons. The van der Waals surface area contributed by atoms with Gasteiger partial charge in [-0.05, 0) is 66.0 Å². The topological polar surface area (TPSA) is 104 Å². The highest BCUT2D eigenvalue weighted by Crippen LogP contribution is 2.56. The molecular weight excluding hydrogens is 655 g/mol. The SMILES string of the molecule is CCCCCCCSCCCCCC/C=C/[C@H](C(=O)N1C(=O)SC(c2ccccc2)(c2ccccc2)[C@@H]1C(C)C)[C@@](O)(CCOC)C(=O)O. The van der Waals surface area contributed by atoms with E-state index in [0.29, 0.717) is 6.42 Å². The van der Waals surface area contributed by atoms with E-state index in [0.717, 1.165) is 54.3 Å². The average Bonchev–Trinajstić information content (AvgIpc) is 3.43. The minimum Gasteiger partial charge on any atom is -0.479 e. The number of carboxylic acids is 1. The predicted molar refractivity (Wildman–Crippen MR) is 203 cm³/mol. The van der Waals surface area contributed by atoms with Crippen LogP contribution in [0.4, 0.5) is 4.79 Å². The quantitative estimate of drug-likeness (QED) is 0.0869. The van der Waals surface area contributed by atoms with Crippen molar-refractivity contribution in [3.63, 3.8) is 0 Å². The van der Waals surface area contributed by atoms with Gasteiger partial charge in [0.1, 0.15) is 0 Å². The Morgan fingerprint density at radius 2 is 1.49 bits per heavy atom. The number of hydrogen-bond acceptors (Lipinski definition) is 7. The van der Waals surface area contributed by atoms with Crippen LogP contribution < -0.4 is 0 Å². The highest BCUT2D eigenvalue weighted by Gasteiger charge is 2.60. The fourth-order valence-electron chi connectivity index (χ4n) is 6.75. The van der Waals surface area contributed by atoms with Gasteiger partial charge in [-0.15, -0.1) is 0 Å². The van der Waals surface area contributed by atoms with Gasteiger partial charge in [0.05, 0.1) is 16.7 Å². The van der Waals surface area contributed by atoms with E-state index >= 15 is 0 Å². The molecule has 0 aromatic heterocycles. The zero-order chi connectivity index (χ0) is 35.7. The van der Waals surface area contributed by atoms with Gasteiger partial charge in [-0.25, -0.2) is 4.79 Å². The Bertz CT molecular complexity index is 1280. The lowest BCUT2D eigenvalue weighted by Gasteiger charge is -2.41. The van der Waals surface area contributed by atoms with E-state index in [1.807, 2.05) is 86.3 Å². The Morgan fingerprint density at radius 3 is 2.00 bits per heavy atom. The number of ether oxygens (including phenoxy) is 1. The molecule has 1 saturated heterocycles. The summed E-state index contributed by atoms with van der Waals surface area (Å²) in [5.74, 6) is -1.52. The molecule has 1 fully saturated rings. The molecular formula is C40H57NO6S2. The average molecular weight is 712 g/mol. The van der Waals surface area contributed by atoms with Crippen LogP contribution in [0.25, 0.3) is 0 Å². The number of aliphatic hydroxyl groups is 1. The van der Waals surface area contributed by atoms with Crippen LogP contribution >= 0.6 is 23.5 Å². The number of nitrogens with zero attached hydrogens (tertiary/aromatic N) is 1. The molecule has 1 aliphatic heterocycles. The second-order valence-electron chi connectivity index (χ2n) is 13.3. The van der Waals surface area contributed by atoms with E-state index in [2.05, 4.69) is 6.92 Å². The number of methoxy groups -OCH3 is 1. The number of carbonyl (C=O) groups is 3. The molecule has 1 heterocycles. The van der Waals surface area contributed by atoms with Crippen molar-refractivity contribution in [3.05, 3.63) is 83.9 Å². The first-order valence-corrected chi connectivity index (χ1v) is 20.0. The Kier molecular flexibility index (Phi) is 17.4. The molecule has 2 amide bonds. The molecule has 2 aromatic rings. The zero-order valence-corrected chi connectivity index (χ0v) is 31.5. The number of benzene rings is 2. The molecule has 9 heteroatoms. The fraction of sp³-hybridized carbons (Fsp3) is 0.575. The molecule has 49 heavy (non-hydrogen) atoms. The largest absolute Gasteiger partial charge is 0.479 e. The van der Waals surface area contributed by atoms with Crippen LogP contribution in [-0.2, 0) is 19.1 Å². The number of imide groups is 1. The minimum absolute atomic E-state index is 0.0640. The van der Waals surface area contributed by atoms with Gasteiger partial charge in [-0.1, -0.05) is 132 Å². The van der Waals surface area contributed by atoms with Gasteiger partial charge in [0, 0.05) is 20.1 Å². The first kappa shape index (κ1) is 40.8. The van der Waals surface area contributed by atoms with Crippen LogP contribution in [0.1, 0.15) is 103 Å². The number of aliphatic carboxylic acids is 1. The van der Waals surface area contributed by atoms with Crippen molar-refractivity contribution in [3.8, 4) is 0 Å². The molecule has 3 atom stereocenters. The van der Waals surface area contributed by atoms with Crippen molar-refractivity contribution in [1.82, 2.24) is 4.90 Å². The summed E-state index contributed by atoms with van der Waals surface area (Å²) >= 11 is 3.11. The van der Waals surface area contributed by atoms with E-state index in [1.54, 1.807) is 6.08 Å². The summed E-state index contributed by atoms with van der Waals surface area (Å²) in [5.41, 5.74) is -0.716. The third-order valence-corrected chi connectivity index (χ3v) is 11.9. The highest BCUT2D eigenvalue weighted by atomic mass is 32.2. The van der Waals surface area contributed by atoms with Crippen molar-refractivity contribution in [1.29, 1.82) is 0 Å². The third-order valence-electron chi connectivity index (χ3n) is 9.38. The first-order valence-electron chi connectivity index (χ1n) is 18.0. The standard InChI is InChI=1S/C40H57NO6S2/c1-5-6-7-11-20-29-48-30-21-12-9-8-10-19-26-34(39(46,37(43)44)27-28-47-4)36(42)41-35(31(2)3)40(49-38(41)45,32-22-15-13-16-23-32)33-24-17-14-18-25-33/h13-19,22-26,31,34-35,46H,5-12,20-21,27-30H2,1-4H3,(H,43,44)/b26-19+/t34-,35+,39+/m1/s1. The lowest BCUT2D eigenvalue weighted by molar-refractivity contribution is -0.170. The number of allylic oxidation sites excluding steroid dienone is 1. The van der Waals surface area contributed by atoms with E-state index in [9.17, 15) is 24.6 Å². The number of carbonyl (C=O) groups excluding carboxylic acids is 2. The molecule has 0 spiro atoms. The number of carboxylic acid groups (broad SMARTS) is 1. The fourth-order valence-corrected chi connectivity index (χ4v) is 9.35. The third kappa shape index (κ3) is 10.7.